The van der Waals surface area contributed by atoms with E-state index in [1.54, 1.807) is 24.3 Å². The largest absolute Gasteiger partial charge is 0.293 e. The fraction of sp³-hybridized carbons (Fsp3) is 0.0625. The molecule has 0 amide bonds. The molecule has 2 rings (SSSR count). The van der Waals surface area contributed by atoms with E-state index in [1.807, 2.05) is 36.4 Å². The Morgan fingerprint density at radius 1 is 0.905 bits per heavy atom. The first-order valence-electron chi connectivity index (χ1n) is 6.09. The summed E-state index contributed by atoms with van der Waals surface area (Å²) in [5.74, 6) is 0.126. The number of Topliss-reactive ketones (excluding diaryl/α,β-unsaturated/α-hetero) is 1. The van der Waals surface area contributed by atoms with Gasteiger partial charge in [0, 0.05) is 5.56 Å². The van der Waals surface area contributed by atoms with Crippen LogP contribution in [0.2, 0.25) is 0 Å². The minimum Gasteiger partial charge on any atom is -0.293 e. The van der Waals surface area contributed by atoms with Gasteiger partial charge in [0.15, 0.2) is 16.5 Å². The summed E-state index contributed by atoms with van der Waals surface area (Å²) >= 11 is 3.10. The lowest BCUT2D eigenvalue weighted by Gasteiger charge is -1.94. The van der Waals surface area contributed by atoms with Gasteiger partial charge in [-0.15, -0.1) is 0 Å². The molecular weight excluding hydrogens is 352 g/mol. The average Bonchev–Trinajstić information content (AvgIpc) is 2.55. The van der Waals surface area contributed by atoms with Gasteiger partial charge in [0.1, 0.15) is 0 Å². The Hall–Kier alpha value is -1.72. The smallest absolute Gasteiger partial charge is 0.173 e. The molecule has 0 saturated heterocycles. The molecule has 21 heavy (non-hydrogen) atoms. The highest BCUT2D eigenvalue weighted by Crippen LogP contribution is 2.10. The summed E-state index contributed by atoms with van der Waals surface area (Å²) in [7, 11) is -2.53. The van der Waals surface area contributed by atoms with Crippen LogP contribution in [0.4, 0.5) is 0 Å². The van der Waals surface area contributed by atoms with Gasteiger partial charge in [-0.25, -0.2) is 8.42 Å². The fourth-order valence-corrected chi connectivity index (χ4v) is 2.12. The number of hydrogen-bond acceptors (Lipinski definition) is 3. The molecule has 0 aliphatic carbocycles. The van der Waals surface area contributed by atoms with Crippen LogP contribution in [0.25, 0.3) is 4.91 Å². The Kier molecular flexibility index (Phi) is 7.64. The van der Waals surface area contributed by atoms with Gasteiger partial charge in [-0.2, -0.15) is 0 Å². The van der Waals surface area contributed by atoms with Crippen molar-refractivity contribution in [2.24, 2.45) is 0 Å². The van der Waals surface area contributed by atoms with Gasteiger partial charge in [-0.3, -0.25) is 4.79 Å². The highest BCUT2D eigenvalue weighted by atomic mass is 79.9. The van der Waals surface area contributed by atoms with Gasteiger partial charge in [-0.05, 0) is 5.56 Å². The lowest BCUT2D eigenvalue weighted by Crippen LogP contribution is -1.98. The number of ketones is 1. The van der Waals surface area contributed by atoms with Crippen LogP contribution >= 0.6 is 15.9 Å². The first-order chi connectivity index (χ1) is 10.1. The SMILES string of the molecule is C=C(c1ccccc1)[SH](=O)=O.O=C(CBr)c1ccccc1. The van der Waals surface area contributed by atoms with E-state index in [4.69, 9.17) is 0 Å². The Labute approximate surface area is 134 Å². The van der Waals surface area contributed by atoms with Crippen LogP contribution in [0.15, 0.2) is 67.2 Å². The zero-order chi connectivity index (χ0) is 15.7. The number of rotatable bonds is 4. The van der Waals surface area contributed by atoms with Crippen LogP contribution in [-0.4, -0.2) is 19.5 Å². The van der Waals surface area contributed by atoms with E-state index in [1.165, 1.54) is 0 Å². The molecule has 0 heterocycles. The zero-order valence-corrected chi connectivity index (χ0v) is 13.7. The second kappa shape index (κ2) is 9.26. The fourth-order valence-electron chi connectivity index (χ4n) is 1.44. The first-order valence-corrected chi connectivity index (χ1v) is 8.39. The number of alkyl halides is 1. The molecular formula is C16H15BrO3S. The van der Waals surface area contributed by atoms with Crippen LogP contribution in [0.5, 0.6) is 0 Å². The standard InChI is InChI=1S/C8H7BrO.C8H8O2S/c9-6-8(10)7-4-2-1-3-5-7;1-7(11(9)10)8-5-3-2-4-6-8/h1-5H,6H2;2-6,11H,1H2. The number of thiol groups is 1. The van der Waals surface area contributed by atoms with E-state index < -0.39 is 10.7 Å². The molecule has 0 aliphatic heterocycles. The van der Waals surface area contributed by atoms with Crippen molar-refractivity contribution < 1.29 is 13.2 Å². The lowest BCUT2D eigenvalue weighted by atomic mass is 10.2. The van der Waals surface area contributed by atoms with Crippen molar-refractivity contribution in [3.63, 3.8) is 0 Å². The van der Waals surface area contributed by atoms with Gasteiger partial charge in [0.25, 0.3) is 0 Å². The summed E-state index contributed by atoms with van der Waals surface area (Å²) in [4.78, 5) is 11.1. The molecule has 0 unspecified atom stereocenters. The molecule has 0 radical (unpaired) electrons. The van der Waals surface area contributed by atoms with E-state index in [-0.39, 0.29) is 10.7 Å². The lowest BCUT2D eigenvalue weighted by molar-refractivity contribution is 0.102. The second-order valence-electron chi connectivity index (χ2n) is 3.99. The summed E-state index contributed by atoms with van der Waals surface area (Å²) in [5, 5.41) is 0.400. The molecule has 0 atom stereocenters. The molecule has 0 spiro atoms. The average molecular weight is 367 g/mol. The third kappa shape index (κ3) is 6.06. The third-order valence-electron chi connectivity index (χ3n) is 2.54. The maximum Gasteiger partial charge on any atom is 0.173 e. The van der Waals surface area contributed by atoms with Crippen LogP contribution in [0.3, 0.4) is 0 Å². The van der Waals surface area contributed by atoms with Crippen molar-refractivity contribution >= 4 is 37.3 Å². The summed E-state index contributed by atoms with van der Waals surface area (Å²) < 4.78 is 20.9. The molecule has 110 valence electrons. The van der Waals surface area contributed by atoms with Crippen LogP contribution in [0.1, 0.15) is 15.9 Å². The normalized spacial score (nSPS) is 9.62. The topological polar surface area (TPSA) is 51.2 Å². The summed E-state index contributed by atoms with van der Waals surface area (Å²) in [5.41, 5.74) is 1.42. The van der Waals surface area contributed by atoms with Gasteiger partial charge in [-0.1, -0.05) is 83.2 Å². The van der Waals surface area contributed by atoms with Gasteiger partial charge in [0.2, 0.25) is 0 Å². The number of benzene rings is 2. The van der Waals surface area contributed by atoms with E-state index >= 15 is 0 Å². The molecule has 0 saturated carbocycles. The summed E-state index contributed by atoms with van der Waals surface area (Å²) in [6.07, 6.45) is 0. The Bertz CT molecular complexity index is 656. The summed E-state index contributed by atoms with van der Waals surface area (Å²) in [6.45, 7) is 3.43. The number of carbonyl (C=O) groups is 1. The van der Waals surface area contributed by atoms with Crippen LogP contribution < -0.4 is 0 Å². The minimum absolute atomic E-state index is 0.126. The van der Waals surface area contributed by atoms with Crippen molar-refractivity contribution in [2.75, 3.05) is 5.33 Å². The van der Waals surface area contributed by atoms with Gasteiger partial charge >= 0.3 is 0 Å². The van der Waals surface area contributed by atoms with Crippen molar-refractivity contribution in [3.8, 4) is 0 Å². The molecule has 0 aromatic heterocycles. The van der Waals surface area contributed by atoms with Crippen LogP contribution in [-0.2, 0) is 10.7 Å². The van der Waals surface area contributed by atoms with Crippen molar-refractivity contribution in [1.29, 1.82) is 0 Å². The van der Waals surface area contributed by atoms with Gasteiger partial charge < -0.3 is 0 Å². The molecule has 0 bridgehead atoms. The quantitative estimate of drug-likeness (QED) is 0.511. The highest BCUT2D eigenvalue weighted by molar-refractivity contribution is 9.09. The molecule has 5 heteroatoms. The molecule has 0 N–H and O–H groups in total. The molecule has 3 nitrogen and oxygen atoms in total. The predicted molar refractivity (Wildman–Crippen MR) is 90.4 cm³/mol. The molecule has 0 aliphatic rings. The molecule has 2 aromatic rings. The van der Waals surface area contributed by atoms with Crippen molar-refractivity contribution in [3.05, 3.63) is 78.4 Å². The number of hydrogen-bond donors (Lipinski definition) is 1. The zero-order valence-electron chi connectivity index (χ0n) is 11.2. The maximum absolute atomic E-state index is 11.0. The minimum atomic E-state index is -2.53. The molecule has 2 aromatic carbocycles. The van der Waals surface area contributed by atoms with E-state index in [2.05, 4.69) is 22.5 Å². The first kappa shape index (κ1) is 17.3. The number of halogens is 1. The van der Waals surface area contributed by atoms with Gasteiger partial charge in [0.05, 0.1) is 10.2 Å². The highest BCUT2D eigenvalue weighted by Gasteiger charge is 1.99. The Morgan fingerprint density at radius 2 is 1.33 bits per heavy atom. The Morgan fingerprint density at radius 3 is 1.71 bits per heavy atom. The van der Waals surface area contributed by atoms with E-state index in [9.17, 15) is 13.2 Å². The number of carbonyl (C=O) groups excluding carboxylic acids is 1. The van der Waals surface area contributed by atoms with E-state index in [0.29, 0.717) is 10.9 Å². The monoisotopic (exact) mass is 366 g/mol. The van der Waals surface area contributed by atoms with E-state index in [0.717, 1.165) is 5.56 Å². The Balaban J connectivity index is 0.000000211. The predicted octanol–water partition coefficient (Wildman–Crippen LogP) is 3.53. The molecule has 0 fully saturated rings. The van der Waals surface area contributed by atoms with Crippen molar-refractivity contribution in [1.82, 2.24) is 0 Å². The maximum atomic E-state index is 11.0. The third-order valence-corrected chi connectivity index (χ3v) is 3.75. The van der Waals surface area contributed by atoms with Crippen molar-refractivity contribution in [2.45, 2.75) is 0 Å². The summed E-state index contributed by atoms with van der Waals surface area (Å²) in [6, 6.07) is 18.0. The second-order valence-corrected chi connectivity index (χ2v) is 5.61. The van der Waals surface area contributed by atoms with Crippen LogP contribution in [0, 0.1) is 0 Å².